The third-order valence-corrected chi connectivity index (χ3v) is 4.06. The molecule has 6 heteroatoms. The Hall–Kier alpha value is -2.63. The number of methoxy groups -OCH3 is 3. The van der Waals surface area contributed by atoms with Gasteiger partial charge in [0.05, 0.1) is 21.3 Å². The van der Waals surface area contributed by atoms with E-state index in [-0.39, 0.29) is 11.4 Å². The first-order chi connectivity index (χ1) is 13.2. The minimum absolute atomic E-state index is 0.0483. The Morgan fingerprint density at radius 2 is 1.43 bits per heavy atom. The van der Waals surface area contributed by atoms with Crippen molar-refractivity contribution in [1.82, 2.24) is 0 Å². The van der Waals surface area contributed by atoms with E-state index in [2.05, 4.69) is 13.8 Å². The normalized spacial score (nSPS) is 11.3. The summed E-state index contributed by atoms with van der Waals surface area (Å²) in [5, 5.41) is 0. The molecule has 2 rings (SSSR count). The van der Waals surface area contributed by atoms with E-state index in [0.717, 1.165) is 6.42 Å². The van der Waals surface area contributed by atoms with E-state index in [4.69, 9.17) is 23.7 Å². The van der Waals surface area contributed by atoms with E-state index in [1.165, 1.54) is 27.4 Å². The first-order valence-corrected chi connectivity index (χ1v) is 9.15. The Bertz CT molecular complexity index is 777. The highest BCUT2D eigenvalue weighted by molar-refractivity contribution is 5.56. The number of rotatable bonds is 9. The molecule has 5 nitrogen and oxygen atoms in total. The summed E-state index contributed by atoms with van der Waals surface area (Å²) in [6.45, 7) is 8.29. The van der Waals surface area contributed by atoms with Crippen LogP contribution in [0.5, 0.6) is 34.5 Å². The molecule has 0 spiro atoms. The minimum Gasteiger partial charge on any atom is -0.493 e. The number of hydrogen-bond donors (Lipinski definition) is 0. The third-order valence-electron chi connectivity index (χ3n) is 4.06. The predicted molar refractivity (Wildman–Crippen MR) is 107 cm³/mol. The first kappa shape index (κ1) is 21.7. The van der Waals surface area contributed by atoms with Crippen molar-refractivity contribution in [3.8, 4) is 34.5 Å². The summed E-state index contributed by atoms with van der Waals surface area (Å²) < 4.78 is 42.1. The van der Waals surface area contributed by atoms with E-state index in [9.17, 15) is 4.39 Å². The van der Waals surface area contributed by atoms with Gasteiger partial charge in [0.15, 0.2) is 23.1 Å². The van der Waals surface area contributed by atoms with Crippen LogP contribution in [0.2, 0.25) is 0 Å². The lowest BCUT2D eigenvalue weighted by Crippen LogP contribution is -2.29. The zero-order chi connectivity index (χ0) is 20.9. The van der Waals surface area contributed by atoms with Gasteiger partial charge in [-0.2, -0.15) is 0 Å². The van der Waals surface area contributed by atoms with Gasteiger partial charge in [-0.3, -0.25) is 0 Å². The molecule has 0 radical (unpaired) electrons. The zero-order valence-corrected chi connectivity index (χ0v) is 17.6. The second-order valence-electron chi connectivity index (χ2n) is 7.52. The number of benzene rings is 2. The van der Waals surface area contributed by atoms with Crippen LogP contribution < -0.4 is 23.7 Å². The summed E-state index contributed by atoms with van der Waals surface area (Å²) in [5.74, 6) is 2.19. The van der Waals surface area contributed by atoms with Crippen LogP contribution in [0, 0.1) is 11.7 Å². The van der Waals surface area contributed by atoms with Crippen LogP contribution in [0.1, 0.15) is 34.1 Å². The van der Waals surface area contributed by atoms with Crippen molar-refractivity contribution in [3.05, 3.63) is 36.1 Å². The van der Waals surface area contributed by atoms with Crippen LogP contribution in [-0.4, -0.2) is 26.9 Å². The van der Waals surface area contributed by atoms with E-state index >= 15 is 0 Å². The molecule has 0 saturated heterocycles. The van der Waals surface area contributed by atoms with Crippen LogP contribution in [0.3, 0.4) is 0 Å². The molecule has 2 aromatic carbocycles. The number of hydrogen-bond acceptors (Lipinski definition) is 5. The van der Waals surface area contributed by atoms with Crippen LogP contribution in [0.25, 0.3) is 0 Å². The van der Waals surface area contributed by atoms with Gasteiger partial charge in [-0.15, -0.1) is 0 Å². The van der Waals surface area contributed by atoms with Crippen LogP contribution in [-0.2, 0) is 0 Å². The second-order valence-corrected chi connectivity index (χ2v) is 7.52. The van der Waals surface area contributed by atoms with Crippen molar-refractivity contribution in [1.29, 1.82) is 0 Å². The summed E-state index contributed by atoms with van der Waals surface area (Å²) in [5.41, 5.74) is -0.379. The van der Waals surface area contributed by atoms with E-state index in [1.807, 2.05) is 13.8 Å². The largest absolute Gasteiger partial charge is 0.493 e. The molecule has 0 unspecified atom stereocenters. The molecule has 0 heterocycles. The van der Waals surface area contributed by atoms with Crippen molar-refractivity contribution in [2.45, 2.75) is 39.7 Å². The van der Waals surface area contributed by atoms with Crippen molar-refractivity contribution < 1.29 is 28.1 Å². The fourth-order valence-electron chi connectivity index (χ4n) is 3.21. The van der Waals surface area contributed by atoms with Crippen molar-refractivity contribution in [2.75, 3.05) is 21.3 Å². The molecular formula is C22H29FO5. The van der Waals surface area contributed by atoms with Crippen LogP contribution in [0.4, 0.5) is 4.39 Å². The fraction of sp³-hybridized carbons (Fsp3) is 0.455. The highest BCUT2D eigenvalue weighted by Gasteiger charge is 2.22. The van der Waals surface area contributed by atoms with Gasteiger partial charge in [-0.25, -0.2) is 4.39 Å². The molecule has 2 aromatic rings. The van der Waals surface area contributed by atoms with Gasteiger partial charge < -0.3 is 23.7 Å². The van der Waals surface area contributed by atoms with Crippen molar-refractivity contribution >= 4 is 0 Å². The van der Waals surface area contributed by atoms with Crippen LogP contribution in [0.15, 0.2) is 30.3 Å². The molecule has 0 N–H and O–H groups in total. The first-order valence-electron chi connectivity index (χ1n) is 9.15. The van der Waals surface area contributed by atoms with E-state index in [1.54, 1.807) is 24.3 Å². The zero-order valence-electron chi connectivity index (χ0n) is 17.6. The van der Waals surface area contributed by atoms with Gasteiger partial charge in [0.1, 0.15) is 17.1 Å². The summed E-state index contributed by atoms with van der Waals surface area (Å²) in [4.78, 5) is 0. The lowest BCUT2D eigenvalue weighted by Gasteiger charge is -2.28. The molecule has 0 bridgehead atoms. The Morgan fingerprint density at radius 1 is 0.857 bits per heavy atom. The average Bonchev–Trinajstić information content (AvgIpc) is 2.62. The Kier molecular flexibility index (Phi) is 7.00. The molecule has 0 amide bonds. The maximum Gasteiger partial charge on any atom is 0.203 e. The smallest absolute Gasteiger partial charge is 0.203 e. The molecule has 0 aliphatic carbocycles. The molecule has 0 fully saturated rings. The maximum atomic E-state index is 14.3. The summed E-state index contributed by atoms with van der Waals surface area (Å²) in [6.07, 6.45) is 0.868. The molecule has 0 aliphatic rings. The van der Waals surface area contributed by atoms with Gasteiger partial charge in [0.25, 0.3) is 0 Å². The van der Waals surface area contributed by atoms with Gasteiger partial charge in [-0.1, -0.05) is 13.8 Å². The van der Waals surface area contributed by atoms with Crippen LogP contribution >= 0.6 is 0 Å². The van der Waals surface area contributed by atoms with Gasteiger partial charge >= 0.3 is 0 Å². The molecule has 28 heavy (non-hydrogen) atoms. The predicted octanol–water partition coefficient (Wildman–Crippen LogP) is 5.85. The lowest BCUT2D eigenvalue weighted by molar-refractivity contribution is 0.0848. The van der Waals surface area contributed by atoms with E-state index < -0.39 is 5.82 Å². The van der Waals surface area contributed by atoms with Gasteiger partial charge in [0, 0.05) is 18.2 Å². The number of ether oxygens (including phenoxy) is 5. The topological polar surface area (TPSA) is 46.2 Å². The SMILES string of the molecule is COc1cc(Oc2cc(OC(C)(C)CC(C)C)ccc2F)cc(OC)c1OC. The monoisotopic (exact) mass is 392 g/mol. The van der Waals surface area contributed by atoms with E-state index in [0.29, 0.717) is 34.7 Å². The third kappa shape index (κ3) is 5.44. The standard InChI is InChI=1S/C22H29FO5/c1-14(2)13-22(3,4)28-15-8-9-17(23)18(10-15)27-16-11-19(24-5)21(26-7)20(12-16)25-6/h8-12,14H,13H2,1-7H3. The Morgan fingerprint density at radius 3 is 1.93 bits per heavy atom. The summed E-state index contributed by atoms with van der Waals surface area (Å²) >= 11 is 0. The molecule has 0 aliphatic heterocycles. The summed E-state index contributed by atoms with van der Waals surface area (Å²) in [7, 11) is 4.53. The summed E-state index contributed by atoms with van der Waals surface area (Å²) in [6, 6.07) is 7.68. The quantitative estimate of drug-likeness (QED) is 0.536. The average molecular weight is 392 g/mol. The van der Waals surface area contributed by atoms with Crippen molar-refractivity contribution in [3.63, 3.8) is 0 Å². The fourth-order valence-corrected chi connectivity index (χ4v) is 3.21. The Labute approximate surface area is 166 Å². The molecule has 0 saturated carbocycles. The molecule has 154 valence electrons. The molecule has 0 atom stereocenters. The second kappa shape index (κ2) is 9.04. The Balaban J connectivity index is 2.31. The highest BCUT2D eigenvalue weighted by Crippen LogP contribution is 2.42. The molecule has 0 aromatic heterocycles. The van der Waals surface area contributed by atoms with Gasteiger partial charge in [-0.05, 0) is 38.3 Å². The highest BCUT2D eigenvalue weighted by atomic mass is 19.1. The minimum atomic E-state index is -0.497. The number of halogens is 1. The molecular weight excluding hydrogens is 363 g/mol. The maximum absolute atomic E-state index is 14.3. The lowest BCUT2D eigenvalue weighted by atomic mass is 9.96. The van der Waals surface area contributed by atoms with Crippen molar-refractivity contribution in [2.24, 2.45) is 5.92 Å². The van der Waals surface area contributed by atoms with Gasteiger partial charge in [0.2, 0.25) is 5.75 Å².